The second-order valence-electron chi connectivity index (χ2n) is 7.67. The Bertz CT molecular complexity index is 1040. The molecule has 0 saturated carbocycles. The summed E-state index contributed by atoms with van der Waals surface area (Å²) in [6, 6.07) is 12.5. The number of nitrogens with zero attached hydrogens (tertiary/aromatic N) is 4. The molecule has 0 unspecified atom stereocenters. The molecule has 3 heterocycles. The number of amides is 1. The average Bonchev–Trinajstić information content (AvgIpc) is 3.54. The van der Waals surface area contributed by atoms with Gasteiger partial charge in [0.05, 0.1) is 23.3 Å². The summed E-state index contributed by atoms with van der Waals surface area (Å²) in [6.07, 6.45) is -2.56. The molecule has 1 aliphatic rings. The Balaban J connectivity index is 1.49. The van der Waals surface area contributed by atoms with Crippen LogP contribution in [0.5, 0.6) is 0 Å². The number of halogens is 3. The molecule has 1 atom stereocenters. The van der Waals surface area contributed by atoms with Gasteiger partial charge in [-0.2, -0.15) is 13.2 Å². The lowest BCUT2D eigenvalue weighted by atomic mass is 10.2. The molecule has 0 bridgehead atoms. The van der Waals surface area contributed by atoms with Crippen molar-refractivity contribution in [3.05, 3.63) is 53.4 Å². The molecule has 176 valence electrons. The number of hydrogen-bond donors (Lipinski definition) is 0. The SMILES string of the molecule is O=C(CSc1nnc(-c2cccs2)n1C[C@H]1CCCO1)N(Cc1ccccc1)CC(F)(F)F. The van der Waals surface area contributed by atoms with Gasteiger partial charge >= 0.3 is 6.18 Å². The molecule has 1 fully saturated rings. The monoisotopic (exact) mass is 496 g/mol. The molecular formula is C22H23F3N4O2S2. The van der Waals surface area contributed by atoms with Gasteiger partial charge in [0.1, 0.15) is 6.54 Å². The number of thiophene rings is 1. The third-order valence-corrected chi connectivity index (χ3v) is 6.95. The van der Waals surface area contributed by atoms with Crippen molar-refractivity contribution in [2.75, 3.05) is 18.9 Å². The Morgan fingerprint density at radius 3 is 2.70 bits per heavy atom. The van der Waals surface area contributed by atoms with E-state index in [1.807, 2.05) is 22.1 Å². The lowest BCUT2D eigenvalue weighted by molar-refractivity contribution is -0.160. The highest BCUT2D eigenvalue weighted by molar-refractivity contribution is 7.99. The van der Waals surface area contributed by atoms with Gasteiger partial charge in [0.25, 0.3) is 0 Å². The van der Waals surface area contributed by atoms with Crippen molar-refractivity contribution in [2.24, 2.45) is 0 Å². The van der Waals surface area contributed by atoms with Crippen molar-refractivity contribution in [3.63, 3.8) is 0 Å². The van der Waals surface area contributed by atoms with Crippen molar-refractivity contribution in [1.29, 1.82) is 0 Å². The van der Waals surface area contributed by atoms with E-state index in [1.165, 1.54) is 11.3 Å². The summed E-state index contributed by atoms with van der Waals surface area (Å²) in [5.41, 5.74) is 0.640. The molecule has 11 heteroatoms. The summed E-state index contributed by atoms with van der Waals surface area (Å²) in [7, 11) is 0. The first-order valence-electron chi connectivity index (χ1n) is 10.5. The van der Waals surface area contributed by atoms with Gasteiger partial charge in [-0.3, -0.25) is 9.36 Å². The standard InChI is InChI=1S/C22H23F3N4O2S2/c23-22(24,25)15-28(12-16-6-2-1-3-7-16)19(30)14-33-21-27-26-20(18-9-5-11-32-18)29(21)13-17-8-4-10-31-17/h1-3,5-7,9,11,17H,4,8,10,12-15H2/t17-/m1/s1. The number of thioether (sulfide) groups is 1. The van der Waals surface area contributed by atoms with Crippen LogP contribution in [0.15, 0.2) is 53.0 Å². The number of alkyl halides is 3. The number of rotatable bonds is 9. The quantitative estimate of drug-likeness (QED) is 0.396. The van der Waals surface area contributed by atoms with E-state index in [1.54, 1.807) is 30.3 Å². The van der Waals surface area contributed by atoms with Crippen LogP contribution in [0.2, 0.25) is 0 Å². The van der Waals surface area contributed by atoms with Crippen LogP contribution in [-0.4, -0.2) is 56.8 Å². The first kappa shape index (κ1) is 23.8. The number of ether oxygens (including phenoxy) is 1. The van der Waals surface area contributed by atoms with E-state index in [0.29, 0.717) is 29.7 Å². The van der Waals surface area contributed by atoms with Crippen LogP contribution in [-0.2, 0) is 22.6 Å². The van der Waals surface area contributed by atoms with Crippen LogP contribution in [0.4, 0.5) is 13.2 Å². The number of carbonyl (C=O) groups excluding carboxylic acids is 1. The molecule has 1 aliphatic heterocycles. The predicted molar refractivity (Wildman–Crippen MR) is 121 cm³/mol. The topological polar surface area (TPSA) is 60.3 Å². The van der Waals surface area contributed by atoms with E-state index in [2.05, 4.69) is 10.2 Å². The Morgan fingerprint density at radius 1 is 1.21 bits per heavy atom. The van der Waals surface area contributed by atoms with Gasteiger partial charge in [0.15, 0.2) is 11.0 Å². The van der Waals surface area contributed by atoms with Gasteiger partial charge in [-0.15, -0.1) is 21.5 Å². The fourth-order valence-electron chi connectivity index (χ4n) is 3.61. The molecule has 1 aromatic carbocycles. The fraction of sp³-hybridized carbons (Fsp3) is 0.409. The molecule has 4 rings (SSSR count). The summed E-state index contributed by atoms with van der Waals surface area (Å²) >= 11 is 2.63. The van der Waals surface area contributed by atoms with E-state index in [9.17, 15) is 18.0 Å². The number of benzene rings is 1. The molecule has 1 saturated heterocycles. The zero-order valence-corrected chi connectivity index (χ0v) is 19.3. The van der Waals surface area contributed by atoms with Crippen LogP contribution in [0.25, 0.3) is 10.7 Å². The zero-order valence-electron chi connectivity index (χ0n) is 17.7. The summed E-state index contributed by atoms with van der Waals surface area (Å²) in [5, 5.41) is 11.0. The van der Waals surface area contributed by atoms with Crippen molar-refractivity contribution < 1.29 is 22.7 Å². The average molecular weight is 497 g/mol. The highest BCUT2D eigenvalue weighted by atomic mass is 32.2. The number of hydrogen-bond acceptors (Lipinski definition) is 6. The second-order valence-corrected chi connectivity index (χ2v) is 9.56. The lowest BCUT2D eigenvalue weighted by Crippen LogP contribution is -2.39. The molecule has 0 N–H and O–H groups in total. The normalized spacial score (nSPS) is 16.3. The molecule has 33 heavy (non-hydrogen) atoms. The lowest BCUT2D eigenvalue weighted by Gasteiger charge is -2.24. The molecular weight excluding hydrogens is 473 g/mol. The highest BCUT2D eigenvalue weighted by Gasteiger charge is 2.33. The summed E-state index contributed by atoms with van der Waals surface area (Å²) in [6.45, 7) is -0.172. The van der Waals surface area contributed by atoms with Crippen LogP contribution in [0.3, 0.4) is 0 Å². The maximum absolute atomic E-state index is 13.1. The largest absolute Gasteiger partial charge is 0.406 e. The zero-order chi connectivity index (χ0) is 23.3. The van der Waals surface area contributed by atoms with E-state index in [-0.39, 0.29) is 18.4 Å². The Kier molecular flexibility index (Phi) is 7.71. The Hall–Kier alpha value is -2.37. The third kappa shape index (κ3) is 6.58. The molecule has 2 aromatic heterocycles. The van der Waals surface area contributed by atoms with Gasteiger partial charge in [0.2, 0.25) is 5.91 Å². The molecule has 3 aromatic rings. The first-order chi connectivity index (χ1) is 15.9. The first-order valence-corrected chi connectivity index (χ1v) is 12.4. The summed E-state index contributed by atoms with van der Waals surface area (Å²) < 4.78 is 47.1. The van der Waals surface area contributed by atoms with Crippen LogP contribution in [0.1, 0.15) is 18.4 Å². The van der Waals surface area contributed by atoms with Crippen molar-refractivity contribution in [3.8, 4) is 10.7 Å². The fourth-order valence-corrected chi connectivity index (χ4v) is 5.18. The number of aromatic nitrogens is 3. The van der Waals surface area contributed by atoms with Gasteiger partial charge in [0, 0.05) is 13.2 Å². The van der Waals surface area contributed by atoms with Crippen LogP contribution < -0.4 is 0 Å². The minimum Gasteiger partial charge on any atom is -0.376 e. The minimum absolute atomic E-state index is 0.0228. The van der Waals surface area contributed by atoms with Crippen molar-refractivity contribution in [1.82, 2.24) is 19.7 Å². The minimum atomic E-state index is -4.48. The van der Waals surface area contributed by atoms with E-state index in [4.69, 9.17) is 4.74 Å². The van der Waals surface area contributed by atoms with Crippen LogP contribution >= 0.6 is 23.1 Å². The van der Waals surface area contributed by atoms with E-state index < -0.39 is 18.6 Å². The molecule has 1 amide bonds. The van der Waals surface area contributed by atoms with E-state index >= 15 is 0 Å². The van der Waals surface area contributed by atoms with Gasteiger partial charge < -0.3 is 9.64 Å². The predicted octanol–water partition coefficient (Wildman–Crippen LogP) is 4.87. The van der Waals surface area contributed by atoms with Gasteiger partial charge in [-0.25, -0.2) is 0 Å². The van der Waals surface area contributed by atoms with Gasteiger partial charge in [-0.05, 0) is 29.9 Å². The maximum atomic E-state index is 13.1. The Morgan fingerprint density at radius 2 is 2.03 bits per heavy atom. The smallest absolute Gasteiger partial charge is 0.376 e. The highest BCUT2D eigenvalue weighted by Crippen LogP contribution is 2.29. The second kappa shape index (κ2) is 10.7. The molecule has 0 spiro atoms. The number of carbonyl (C=O) groups is 1. The molecule has 0 aliphatic carbocycles. The van der Waals surface area contributed by atoms with Crippen molar-refractivity contribution >= 4 is 29.0 Å². The summed E-state index contributed by atoms with van der Waals surface area (Å²) in [5.74, 6) is -0.103. The Labute approximate surface area is 197 Å². The van der Waals surface area contributed by atoms with Crippen LogP contribution in [0, 0.1) is 0 Å². The molecule has 6 nitrogen and oxygen atoms in total. The van der Waals surface area contributed by atoms with E-state index in [0.717, 1.165) is 34.4 Å². The third-order valence-electron chi connectivity index (χ3n) is 5.13. The summed E-state index contributed by atoms with van der Waals surface area (Å²) in [4.78, 5) is 14.6. The van der Waals surface area contributed by atoms with Gasteiger partial charge in [-0.1, -0.05) is 48.2 Å². The maximum Gasteiger partial charge on any atom is 0.406 e. The van der Waals surface area contributed by atoms with Crippen molar-refractivity contribution in [2.45, 2.75) is 43.4 Å². The molecule has 0 radical (unpaired) electrons.